The summed E-state index contributed by atoms with van der Waals surface area (Å²) in [5, 5.41) is 3.72. The third-order valence-electron chi connectivity index (χ3n) is 3.51. The van der Waals surface area contributed by atoms with Crippen LogP contribution >= 0.6 is 39.1 Å². The maximum Gasteiger partial charge on any atom is 0.256 e. The Morgan fingerprint density at radius 3 is 2.48 bits per heavy atom. The highest BCUT2D eigenvalue weighted by atomic mass is 79.9. The summed E-state index contributed by atoms with van der Waals surface area (Å²) in [4.78, 5) is 26.0. The molecule has 2 amide bonds. The molecule has 7 heteroatoms. The number of rotatable bonds is 3. The van der Waals surface area contributed by atoms with Gasteiger partial charge in [0, 0.05) is 4.47 Å². The Hall–Kier alpha value is -1.56. The molecule has 23 heavy (non-hydrogen) atoms. The Kier molecular flexibility index (Phi) is 4.62. The quantitative estimate of drug-likeness (QED) is 0.753. The average Bonchev–Trinajstić information content (AvgIpc) is 2.79. The molecular formula is C16H11BrCl2N2O2. The number of hydrogen-bond acceptors (Lipinski definition) is 3. The van der Waals surface area contributed by atoms with Crippen molar-refractivity contribution in [2.24, 2.45) is 0 Å². The molecule has 0 saturated carbocycles. The maximum atomic E-state index is 12.6. The lowest BCUT2D eigenvalue weighted by atomic mass is 10.2. The van der Waals surface area contributed by atoms with E-state index in [9.17, 15) is 9.59 Å². The molecule has 0 spiro atoms. The van der Waals surface area contributed by atoms with E-state index in [1.54, 1.807) is 42.5 Å². The standard InChI is InChI=1S/C16H11BrCl2N2O2/c17-9-4-6-10(7-5-9)21-14(22)8-13(16(21)23)20-12-3-1-2-11(18)15(12)19/h1-7,13,20H,8H2/t13-/m0/s1. The number of anilines is 2. The lowest BCUT2D eigenvalue weighted by Gasteiger charge is -2.17. The Morgan fingerprint density at radius 2 is 1.78 bits per heavy atom. The van der Waals surface area contributed by atoms with Crippen LogP contribution in [-0.2, 0) is 9.59 Å². The van der Waals surface area contributed by atoms with Crippen LogP contribution in [0.5, 0.6) is 0 Å². The lowest BCUT2D eigenvalue weighted by Crippen LogP contribution is -2.34. The monoisotopic (exact) mass is 412 g/mol. The molecule has 3 rings (SSSR count). The molecule has 1 aliphatic heterocycles. The predicted molar refractivity (Wildman–Crippen MR) is 95.1 cm³/mol. The predicted octanol–water partition coefficient (Wildman–Crippen LogP) is 4.50. The summed E-state index contributed by atoms with van der Waals surface area (Å²) in [5.41, 5.74) is 1.08. The highest BCUT2D eigenvalue weighted by Crippen LogP contribution is 2.32. The minimum Gasteiger partial charge on any atom is -0.372 e. The van der Waals surface area contributed by atoms with Crippen molar-refractivity contribution < 1.29 is 9.59 Å². The molecule has 1 aliphatic rings. The molecule has 1 atom stereocenters. The maximum absolute atomic E-state index is 12.6. The molecule has 1 N–H and O–H groups in total. The zero-order valence-electron chi connectivity index (χ0n) is 11.7. The average molecular weight is 414 g/mol. The number of halogens is 3. The minimum absolute atomic E-state index is 0.0672. The zero-order valence-corrected chi connectivity index (χ0v) is 14.8. The van der Waals surface area contributed by atoms with Crippen LogP contribution in [0.2, 0.25) is 10.0 Å². The Bertz CT molecular complexity index is 780. The SMILES string of the molecule is O=C1C[C@H](Nc2cccc(Cl)c2Cl)C(=O)N1c1ccc(Br)cc1. The summed E-state index contributed by atoms with van der Waals surface area (Å²) in [6.45, 7) is 0. The van der Waals surface area contributed by atoms with Crippen LogP contribution in [0.4, 0.5) is 11.4 Å². The van der Waals surface area contributed by atoms with E-state index in [0.29, 0.717) is 21.4 Å². The smallest absolute Gasteiger partial charge is 0.256 e. The van der Waals surface area contributed by atoms with Crippen LogP contribution in [-0.4, -0.2) is 17.9 Å². The summed E-state index contributed by atoms with van der Waals surface area (Å²) in [7, 11) is 0. The van der Waals surface area contributed by atoms with E-state index in [4.69, 9.17) is 23.2 Å². The van der Waals surface area contributed by atoms with Crippen molar-refractivity contribution in [1.82, 2.24) is 0 Å². The molecule has 4 nitrogen and oxygen atoms in total. The van der Waals surface area contributed by atoms with Gasteiger partial charge in [0.15, 0.2) is 0 Å². The second kappa shape index (κ2) is 6.51. The van der Waals surface area contributed by atoms with Crippen molar-refractivity contribution >= 4 is 62.3 Å². The lowest BCUT2D eigenvalue weighted by molar-refractivity contribution is -0.121. The van der Waals surface area contributed by atoms with Crippen molar-refractivity contribution in [3.05, 3.63) is 57.0 Å². The topological polar surface area (TPSA) is 49.4 Å². The van der Waals surface area contributed by atoms with Gasteiger partial charge in [0.25, 0.3) is 5.91 Å². The van der Waals surface area contributed by atoms with Gasteiger partial charge in [0.1, 0.15) is 6.04 Å². The van der Waals surface area contributed by atoms with Crippen molar-refractivity contribution in [3.63, 3.8) is 0 Å². The van der Waals surface area contributed by atoms with Crippen LogP contribution in [0.25, 0.3) is 0 Å². The second-order valence-electron chi connectivity index (χ2n) is 5.05. The number of nitrogens with one attached hydrogen (secondary N) is 1. The van der Waals surface area contributed by atoms with Crippen molar-refractivity contribution in [2.75, 3.05) is 10.2 Å². The Labute approximate surface area is 151 Å². The van der Waals surface area contributed by atoms with Crippen LogP contribution in [0.1, 0.15) is 6.42 Å². The molecule has 1 saturated heterocycles. The largest absolute Gasteiger partial charge is 0.372 e. The van der Waals surface area contributed by atoms with Crippen LogP contribution in [0.15, 0.2) is 46.9 Å². The number of benzene rings is 2. The second-order valence-corrected chi connectivity index (χ2v) is 6.75. The highest BCUT2D eigenvalue weighted by Gasteiger charge is 2.39. The van der Waals surface area contributed by atoms with Crippen LogP contribution in [0.3, 0.4) is 0 Å². The zero-order chi connectivity index (χ0) is 16.6. The molecule has 0 radical (unpaired) electrons. The van der Waals surface area contributed by atoms with E-state index in [0.717, 1.165) is 4.47 Å². The third-order valence-corrected chi connectivity index (χ3v) is 4.86. The van der Waals surface area contributed by atoms with E-state index < -0.39 is 6.04 Å². The highest BCUT2D eigenvalue weighted by molar-refractivity contribution is 9.10. The van der Waals surface area contributed by atoms with Crippen molar-refractivity contribution in [3.8, 4) is 0 Å². The van der Waals surface area contributed by atoms with Crippen molar-refractivity contribution in [1.29, 1.82) is 0 Å². The summed E-state index contributed by atoms with van der Waals surface area (Å²) < 4.78 is 0.876. The molecule has 2 aromatic rings. The van der Waals surface area contributed by atoms with Gasteiger partial charge in [-0.3, -0.25) is 9.59 Å². The molecule has 0 unspecified atom stereocenters. The first-order valence-corrected chi connectivity index (χ1v) is 8.35. The minimum atomic E-state index is -0.665. The van der Waals surface area contributed by atoms with Gasteiger partial charge < -0.3 is 5.32 Å². The van der Waals surface area contributed by atoms with E-state index in [1.165, 1.54) is 4.90 Å². The number of imide groups is 1. The van der Waals surface area contributed by atoms with Gasteiger partial charge >= 0.3 is 0 Å². The fourth-order valence-electron chi connectivity index (χ4n) is 2.41. The normalized spacial score (nSPS) is 17.7. The van der Waals surface area contributed by atoms with Gasteiger partial charge in [0.05, 0.1) is 27.8 Å². The first-order chi connectivity index (χ1) is 11.0. The van der Waals surface area contributed by atoms with Crippen LogP contribution in [0, 0.1) is 0 Å². The molecular weight excluding hydrogens is 403 g/mol. The third kappa shape index (κ3) is 3.22. The Balaban J connectivity index is 1.84. The summed E-state index contributed by atoms with van der Waals surface area (Å²) >= 11 is 15.4. The van der Waals surface area contributed by atoms with Gasteiger partial charge in [-0.15, -0.1) is 0 Å². The molecule has 0 bridgehead atoms. The number of hydrogen-bond donors (Lipinski definition) is 1. The van der Waals surface area contributed by atoms with Crippen LogP contribution < -0.4 is 10.2 Å². The van der Waals surface area contributed by atoms with Gasteiger partial charge in [0.2, 0.25) is 5.91 Å². The molecule has 118 valence electrons. The van der Waals surface area contributed by atoms with Gasteiger partial charge in [-0.05, 0) is 36.4 Å². The van der Waals surface area contributed by atoms with Gasteiger partial charge in [-0.1, -0.05) is 45.2 Å². The van der Waals surface area contributed by atoms with E-state index in [1.807, 2.05) is 0 Å². The fraction of sp³-hybridized carbons (Fsp3) is 0.125. The number of carbonyl (C=O) groups excluding carboxylic acids is 2. The summed E-state index contributed by atoms with van der Waals surface area (Å²) in [6.07, 6.45) is 0.0672. The molecule has 1 heterocycles. The number of carbonyl (C=O) groups is 2. The first kappa shape index (κ1) is 16.3. The van der Waals surface area contributed by atoms with Gasteiger partial charge in [-0.2, -0.15) is 0 Å². The first-order valence-electron chi connectivity index (χ1n) is 6.80. The number of amides is 2. The molecule has 0 aromatic heterocycles. The molecule has 0 aliphatic carbocycles. The molecule has 2 aromatic carbocycles. The number of nitrogens with zero attached hydrogens (tertiary/aromatic N) is 1. The van der Waals surface area contributed by atoms with E-state index >= 15 is 0 Å². The summed E-state index contributed by atoms with van der Waals surface area (Å²) in [5.74, 6) is -0.568. The van der Waals surface area contributed by atoms with E-state index in [-0.39, 0.29) is 18.2 Å². The molecule has 1 fully saturated rings. The fourth-order valence-corrected chi connectivity index (χ4v) is 3.03. The van der Waals surface area contributed by atoms with E-state index in [2.05, 4.69) is 21.2 Å². The summed E-state index contributed by atoms with van der Waals surface area (Å²) in [6, 6.07) is 11.4. The van der Waals surface area contributed by atoms with Gasteiger partial charge in [-0.25, -0.2) is 4.90 Å². The van der Waals surface area contributed by atoms with Crippen molar-refractivity contribution in [2.45, 2.75) is 12.5 Å². The Morgan fingerprint density at radius 1 is 1.09 bits per heavy atom.